The molecule has 0 bridgehead atoms. The molecule has 2 heterocycles. The van der Waals surface area contributed by atoms with Crippen LogP contribution in [-0.2, 0) is 6.54 Å². The van der Waals surface area contributed by atoms with Crippen LogP contribution in [-0.4, -0.2) is 35.1 Å². The highest BCUT2D eigenvalue weighted by Crippen LogP contribution is 2.30. The van der Waals surface area contributed by atoms with Crippen molar-refractivity contribution in [2.24, 2.45) is 0 Å². The molecular formula is C19H19N5O3. The highest BCUT2D eigenvalue weighted by molar-refractivity contribution is 5.93. The van der Waals surface area contributed by atoms with Crippen LogP contribution in [0.2, 0.25) is 0 Å². The maximum atomic E-state index is 12.2. The molecule has 0 aliphatic carbocycles. The number of aromatic nitrogens is 3. The van der Waals surface area contributed by atoms with Crippen molar-refractivity contribution in [2.75, 3.05) is 19.5 Å². The standard InChI is InChI=1S/C19H19N5O3/c1-26-15-3-4-16(17(9-15)27-2)24-19-22-11-14(12-23-19)18(25)21-10-13-5-7-20-8-6-13/h3-9,11-12H,10H2,1-2H3,(H,21,25)(H,22,23,24). The molecule has 1 amide bonds. The number of hydrogen-bond donors (Lipinski definition) is 2. The zero-order valence-electron chi connectivity index (χ0n) is 15.0. The van der Waals surface area contributed by atoms with E-state index in [9.17, 15) is 4.79 Å². The smallest absolute Gasteiger partial charge is 0.254 e. The van der Waals surface area contributed by atoms with Crippen molar-refractivity contribution < 1.29 is 14.3 Å². The summed E-state index contributed by atoms with van der Waals surface area (Å²) in [7, 11) is 3.15. The van der Waals surface area contributed by atoms with E-state index in [4.69, 9.17) is 9.47 Å². The average Bonchev–Trinajstić information content (AvgIpc) is 2.73. The minimum Gasteiger partial charge on any atom is -0.497 e. The summed E-state index contributed by atoms with van der Waals surface area (Å²) in [5.41, 5.74) is 2.02. The lowest BCUT2D eigenvalue weighted by Gasteiger charge is -2.11. The van der Waals surface area contributed by atoms with Crippen LogP contribution in [0.5, 0.6) is 11.5 Å². The first kappa shape index (κ1) is 18.1. The van der Waals surface area contributed by atoms with E-state index in [0.29, 0.717) is 35.2 Å². The number of amides is 1. The number of nitrogens with one attached hydrogen (secondary N) is 2. The fourth-order valence-electron chi connectivity index (χ4n) is 2.32. The maximum absolute atomic E-state index is 12.2. The van der Waals surface area contributed by atoms with Gasteiger partial charge in [-0.25, -0.2) is 9.97 Å². The van der Waals surface area contributed by atoms with Crippen LogP contribution >= 0.6 is 0 Å². The molecule has 8 heteroatoms. The first-order valence-electron chi connectivity index (χ1n) is 8.18. The van der Waals surface area contributed by atoms with Crippen LogP contribution < -0.4 is 20.1 Å². The topological polar surface area (TPSA) is 98.3 Å². The van der Waals surface area contributed by atoms with Gasteiger partial charge in [-0.15, -0.1) is 0 Å². The lowest BCUT2D eigenvalue weighted by atomic mass is 10.2. The van der Waals surface area contributed by atoms with Crippen LogP contribution in [0, 0.1) is 0 Å². The Balaban J connectivity index is 1.64. The van der Waals surface area contributed by atoms with Crippen LogP contribution in [0.4, 0.5) is 11.6 Å². The van der Waals surface area contributed by atoms with Gasteiger partial charge in [-0.05, 0) is 29.8 Å². The number of hydrogen-bond acceptors (Lipinski definition) is 7. The molecule has 8 nitrogen and oxygen atoms in total. The Labute approximate surface area is 156 Å². The highest BCUT2D eigenvalue weighted by Gasteiger charge is 2.09. The minimum absolute atomic E-state index is 0.250. The summed E-state index contributed by atoms with van der Waals surface area (Å²) in [5.74, 6) is 1.38. The Morgan fingerprint density at radius 1 is 1.04 bits per heavy atom. The molecule has 3 rings (SSSR count). The maximum Gasteiger partial charge on any atom is 0.254 e. The molecule has 0 saturated carbocycles. The Morgan fingerprint density at radius 3 is 2.44 bits per heavy atom. The fraction of sp³-hybridized carbons (Fsp3) is 0.158. The molecule has 0 fully saturated rings. The number of pyridine rings is 1. The number of carbonyl (C=O) groups excluding carboxylic acids is 1. The molecule has 0 aliphatic heterocycles. The Hall–Kier alpha value is -3.68. The number of methoxy groups -OCH3 is 2. The summed E-state index contributed by atoms with van der Waals surface area (Å²) >= 11 is 0. The molecule has 138 valence electrons. The second kappa shape index (κ2) is 8.61. The van der Waals surface area contributed by atoms with Gasteiger partial charge in [-0.3, -0.25) is 9.78 Å². The van der Waals surface area contributed by atoms with Gasteiger partial charge in [0.25, 0.3) is 5.91 Å². The number of anilines is 2. The van der Waals surface area contributed by atoms with Gasteiger partial charge < -0.3 is 20.1 Å². The fourth-order valence-corrected chi connectivity index (χ4v) is 2.32. The molecule has 2 aromatic heterocycles. The minimum atomic E-state index is -0.250. The summed E-state index contributed by atoms with van der Waals surface area (Å²) in [6, 6.07) is 9.03. The van der Waals surface area contributed by atoms with Crippen LogP contribution in [0.1, 0.15) is 15.9 Å². The molecule has 0 aliphatic rings. The molecule has 0 unspecified atom stereocenters. The Bertz CT molecular complexity index is 901. The van der Waals surface area contributed by atoms with Gasteiger partial charge in [0.05, 0.1) is 25.5 Å². The summed E-state index contributed by atoms with van der Waals surface area (Å²) in [5, 5.41) is 5.87. The van der Waals surface area contributed by atoms with Crippen molar-refractivity contribution in [1.82, 2.24) is 20.3 Å². The van der Waals surface area contributed by atoms with Gasteiger partial charge in [0.1, 0.15) is 11.5 Å². The Kier molecular flexibility index (Phi) is 5.78. The molecule has 0 spiro atoms. The molecule has 2 N–H and O–H groups in total. The first-order chi connectivity index (χ1) is 13.2. The number of benzene rings is 1. The predicted octanol–water partition coefficient (Wildman–Crippen LogP) is 2.56. The summed E-state index contributed by atoms with van der Waals surface area (Å²) < 4.78 is 10.5. The van der Waals surface area contributed by atoms with E-state index in [1.54, 1.807) is 44.8 Å². The van der Waals surface area contributed by atoms with E-state index in [1.807, 2.05) is 12.1 Å². The first-order valence-corrected chi connectivity index (χ1v) is 8.18. The Morgan fingerprint density at radius 2 is 1.78 bits per heavy atom. The van der Waals surface area contributed by atoms with Gasteiger partial charge in [-0.1, -0.05) is 0 Å². The number of nitrogens with zero attached hydrogens (tertiary/aromatic N) is 3. The molecule has 3 aromatic rings. The number of rotatable bonds is 7. The van der Waals surface area contributed by atoms with Gasteiger partial charge in [0.2, 0.25) is 5.95 Å². The van der Waals surface area contributed by atoms with Gasteiger partial charge in [0.15, 0.2) is 0 Å². The van der Waals surface area contributed by atoms with Crippen molar-refractivity contribution >= 4 is 17.5 Å². The van der Waals surface area contributed by atoms with Crippen LogP contribution in [0.15, 0.2) is 55.1 Å². The summed E-state index contributed by atoms with van der Waals surface area (Å²) in [6.07, 6.45) is 6.29. The van der Waals surface area contributed by atoms with Gasteiger partial charge in [-0.2, -0.15) is 0 Å². The number of ether oxygens (including phenoxy) is 2. The van der Waals surface area contributed by atoms with Gasteiger partial charge in [0, 0.05) is 37.4 Å². The van der Waals surface area contributed by atoms with Crippen molar-refractivity contribution in [2.45, 2.75) is 6.54 Å². The summed E-state index contributed by atoms with van der Waals surface area (Å²) in [6.45, 7) is 0.407. The van der Waals surface area contributed by atoms with E-state index in [0.717, 1.165) is 5.56 Å². The molecule has 0 atom stereocenters. The number of carbonyl (C=O) groups is 1. The second-order valence-electron chi connectivity index (χ2n) is 5.52. The van der Waals surface area contributed by atoms with Crippen LogP contribution in [0.25, 0.3) is 0 Å². The molecule has 1 aromatic carbocycles. The lowest BCUT2D eigenvalue weighted by molar-refractivity contribution is 0.0950. The zero-order valence-corrected chi connectivity index (χ0v) is 15.0. The average molecular weight is 365 g/mol. The largest absolute Gasteiger partial charge is 0.497 e. The third kappa shape index (κ3) is 4.69. The van der Waals surface area contributed by atoms with Crippen molar-refractivity contribution in [1.29, 1.82) is 0 Å². The third-order valence-corrected chi connectivity index (χ3v) is 3.77. The van der Waals surface area contributed by atoms with Crippen molar-refractivity contribution in [3.05, 3.63) is 66.2 Å². The van der Waals surface area contributed by atoms with Gasteiger partial charge >= 0.3 is 0 Å². The van der Waals surface area contributed by atoms with E-state index in [1.165, 1.54) is 12.4 Å². The van der Waals surface area contributed by atoms with Crippen molar-refractivity contribution in [3.8, 4) is 11.5 Å². The van der Waals surface area contributed by atoms with Crippen LogP contribution in [0.3, 0.4) is 0 Å². The lowest BCUT2D eigenvalue weighted by Crippen LogP contribution is -2.23. The zero-order chi connectivity index (χ0) is 19.1. The second-order valence-corrected chi connectivity index (χ2v) is 5.52. The molecule has 0 saturated heterocycles. The van der Waals surface area contributed by atoms with E-state index in [2.05, 4.69) is 25.6 Å². The van der Waals surface area contributed by atoms with E-state index < -0.39 is 0 Å². The summed E-state index contributed by atoms with van der Waals surface area (Å²) in [4.78, 5) is 24.5. The van der Waals surface area contributed by atoms with Crippen molar-refractivity contribution in [3.63, 3.8) is 0 Å². The normalized spacial score (nSPS) is 10.1. The predicted molar refractivity (Wildman–Crippen MR) is 100 cm³/mol. The van der Waals surface area contributed by atoms with E-state index >= 15 is 0 Å². The molecular weight excluding hydrogens is 346 g/mol. The highest BCUT2D eigenvalue weighted by atomic mass is 16.5. The quantitative estimate of drug-likeness (QED) is 0.664. The van der Waals surface area contributed by atoms with E-state index in [-0.39, 0.29) is 5.91 Å². The monoisotopic (exact) mass is 365 g/mol. The SMILES string of the molecule is COc1ccc(Nc2ncc(C(=O)NCc3ccncc3)cn2)c(OC)c1. The molecule has 27 heavy (non-hydrogen) atoms. The third-order valence-electron chi connectivity index (χ3n) is 3.77. The molecule has 0 radical (unpaired) electrons.